The largest absolute Gasteiger partial charge is 0.680 e. The number of unbranched alkanes of at least 4 members (excludes halogenated alkanes) is 3. The molecule has 0 rings (SSSR count). The summed E-state index contributed by atoms with van der Waals surface area (Å²) in [5, 5.41) is 0. The summed E-state index contributed by atoms with van der Waals surface area (Å²) in [5.74, 6) is 0. The molecule has 5 heteroatoms. The topological polar surface area (TPSA) is 36.9 Å². The molecular formula is C20H44O4Si. The first-order valence-corrected chi connectivity index (χ1v) is 11.9. The molecule has 0 aromatic carbocycles. The van der Waals surface area contributed by atoms with E-state index in [1.165, 1.54) is 12.8 Å². The second kappa shape index (κ2) is 12.4. The van der Waals surface area contributed by atoms with Gasteiger partial charge >= 0.3 is 9.05 Å². The smallest absolute Gasteiger partial charge is 0.349 e. The van der Waals surface area contributed by atoms with Crippen LogP contribution in [0.25, 0.3) is 0 Å². The zero-order valence-corrected chi connectivity index (χ0v) is 19.3. The molecule has 0 saturated carbocycles. The lowest BCUT2D eigenvalue weighted by Gasteiger charge is -2.40. The molecule has 0 aromatic heterocycles. The molecule has 0 aromatic rings. The Balaban J connectivity index is 5.49. The fourth-order valence-corrected chi connectivity index (χ4v) is 5.70. The molecule has 0 aliphatic rings. The van der Waals surface area contributed by atoms with Gasteiger partial charge in [-0.15, -0.1) is 0 Å². The first-order chi connectivity index (χ1) is 11.6. The van der Waals surface area contributed by atoms with Crippen LogP contribution in [-0.4, -0.2) is 33.0 Å². The Bertz CT molecular complexity index is 307. The van der Waals surface area contributed by atoms with Crippen LogP contribution in [-0.2, 0) is 17.7 Å². The summed E-state index contributed by atoms with van der Waals surface area (Å²) in [7, 11) is -3.23. The second-order valence-corrected chi connectivity index (χ2v) is 10.0. The van der Waals surface area contributed by atoms with Crippen molar-refractivity contribution in [2.24, 2.45) is 0 Å². The Morgan fingerprint density at radius 1 is 0.680 bits per heavy atom. The van der Waals surface area contributed by atoms with Crippen LogP contribution >= 0.6 is 0 Å². The molecule has 0 saturated heterocycles. The minimum Gasteiger partial charge on any atom is -0.349 e. The van der Waals surface area contributed by atoms with Crippen molar-refractivity contribution in [3.05, 3.63) is 0 Å². The van der Waals surface area contributed by atoms with Gasteiger partial charge in [0.05, 0.1) is 5.60 Å². The van der Waals surface area contributed by atoms with E-state index >= 15 is 0 Å². The molecule has 0 aliphatic heterocycles. The zero-order chi connectivity index (χ0) is 19.5. The van der Waals surface area contributed by atoms with Gasteiger partial charge in [-0.1, -0.05) is 46.0 Å². The lowest BCUT2D eigenvalue weighted by molar-refractivity contribution is -0.121. The van der Waals surface area contributed by atoms with Gasteiger partial charge in [0.25, 0.3) is 0 Å². The molecule has 0 spiro atoms. The molecule has 0 heterocycles. The first-order valence-electron chi connectivity index (χ1n) is 10.3. The summed E-state index contributed by atoms with van der Waals surface area (Å²) in [6, 6.07) is 0. The molecule has 0 N–H and O–H groups in total. The van der Waals surface area contributed by atoms with Crippen molar-refractivity contribution in [2.45, 2.75) is 131 Å². The van der Waals surface area contributed by atoms with Crippen molar-refractivity contribution < 1.29 is 17.7 Å². The normalized spacial score (nSPS) is 15.4. The third-order valence-electron chi connectivity index (χ3n) is 3.88. The van der Waals surface area contributed by atoms with Crippen LogP contribution in [0.3, 0.4) is 0 Å². The summed E-state index contributed by atoms with van der Waals surface area (Å²) in [6.07, 6.45) is 7.89. The van der Waals surface area contributed by atoms with Crippen LogP contribution in [0.2, 0.25) is 0 Å². The van der Waals surface area contributed by atoms with Crippen molar-refractivity contribution in [1.82, 2.24) is 0 Å². The maximum absolute atomic E-state index is 6.68. The van der Waals surface area contributed by atoms with Gasteiger partial charge in [0.2, 0.25) is 0 Å². The van der Waals surface area contributed by atoms with Crippen molar-refractivity contribution in [2.75, 3.05) is 0 Å². The van der Waals surface area contributed by atoms with Gasteiger partial charge in [-0.2, -0.15) is 0 Å². The third kappa shape index (κ3) is 11.4. The monoisotopic (exact) mass is 376 g/mol. The van der Waals surface area contributed by atoms with Crippen molar-refractivity contribution >= 4 is 9.05 Å². The molecule has 0 fully saturated rings. The fraction of sp³-hybridized carbons (Fsp3) is 1.00. The predicted octanol–water partition coefficient (Wildman–Crippen LogP) is 6.24. The van der Waals surface area contributed by atoms with E-state index in [1.54, 1.807) is 0 Å². The van der Waals surface area contributed by atoms with Crippen molar-refractivity contribution in [1.29, 1.82) is 0 Å². The Morgan fingerprint density at radius 3 is 1.44 bits per heavy atom. The lowest BCUT2D eigenvalue weighted by atomic mass is 9.93. The third-order valence-corrected chi connectivity index (χ3v) is 6.90. The van der Waals surface area contributed by atoms with Gasteiger partial charge in [-0.05, 0) is 61.3 Å². The molecule has 1 atom stereocenters. The molecule has 0 radical (unpaired) electrons. The average Bonchev–Trinajstić information content (AvgIpc) is 2.42. The summed E-state index contributed by atoms with van der Waals surface area (Å²) in [6.45, 7) is 18.7. The predicted molar refractivity (Wildman–Crippen MR) is 108 cm³/mol. The van der Waals surface area contributed by atoms with E-state index in [-0.39, 0.29) is 23.9 Å². The number of hydrogen-bond donors (Lipinski definition) is 0. The maximum Gasteiger partial charge on any atom is 0.680 e. The number of rotatable bonds is 15. The van der Waals surface area contributed by atoms with Gasteiger partial charge in [-0.25, -0.2) is 0 Å². The Hall–Kier alpha value is 0.0569. The molecule has 0 bridgehead atoms. The van der Waals surface area contributed by atoms with Crippen molar-refractivity contribution in [3.63, 3.8) is 0 Å². The van der Waals surface area contributed by atoms with E-state index < -0.39 is 9.05 Å². The molecule has 4 nitrogen and oxygen atoms in total. The van der Waals surface area contributed by atoms with Crippen LogP contribution in [0.5, 0.6) is 0 Å². The van der Waals surface area contributed by atoms with Gasteiger partial charge in [0.1, 0.15) is 0 Å². The van der Waals surface area contributed by atoms with E-state index in [1.807, 2.05) is 41.5 Å². The van der Waals surface area contributed by atoms with Crippen LogP contribution in [0.1, 0.15) is 107 Å². The maximum atomic E-state index is 6.68. The van der Waals surface area contributed by atoms with Crippen LogP contribution in [0, 0.1) is 0 Å². The van der Waals surface area contributed by atoms with E-state index in [0.29, 0.717) is 0 Å². The van der Waals surface area contributed by atoms with Gasteiger partial charge in [-0.3, -0.25) is 0 Å². The molecular weight excluding hydrogens is 332 g/mol. The lowest BCUT2D eigenvalue weighted by Crippen LogP contribution is -2.58. The molecule has 25 heavy (non-hydrogen) atoms. The zero-order valence-electron chi connectivity index (χ0n) is 18.3. The van der Waals surface area contributed by atoms with Gasteiger partial charge < -0.3 is 17.7 Å². The SMILES string of the molecule is CCCCCC(C)(CCCC)O[Si](OC(C)C)(OC(C)C)OC(C)C. The fourth-order valence-electron chi connectivity index (χ4n) is 2.85. The van der Waals surface area contributed by atoms with E-state index in [2.05, 4.69) is 20.8 Å². The quantitative estimate of drug-likeness (QED) is 0.250. The van der Waals surface area contributed by atoms with Crippen molar-refractivity contribution in [3.8, 4) is 0 Å². The minimum absolute atomic E-state index is 0.00441. The Labute approximate surface area is 158 Å². The van der Waals surface area contributed by atoms with Gasteiger partial charge in [0, 0.05) is 18.3 Å². The van der Waals surface area contributed by atoms with E-state index in [0.717, 1.165) is 32.1 Å². The highest BCUT2D eigenvalue weighted by atomic mass is 28.4. The summed E-state index contributed by atoms with van der Waals surface area (Å²) in [5.41, 5.74) is -0.268. The standard InChI is InChI=1S/C20H44O4Si/c1-10-12-14-16-20(9,15-13-11-2)24-25(21-17(3)4,22-18(5)6)23-19(7)8/h17-19H,10-16H2,1-9H3. The molecule has 152 valence electrons. The summed E-state index contributed by atoms with van der Waals surface area (Å²) < 4.78 is 25.3. The van der Waals surface area contributed by atoms with Crippen LogP contribution < -0.4 is 0 Å². The Kier molecular flexibility index (Phi) is 12.5. The van der Waals surface area contributed by atoms with Crippen LogP contribution in [0.15, 0.2) is 0 Å². The molecule has 0 aliphatic carbocycles. The second-order valence-electron chi connectivity index (χ2n) is 8.11. The average molecular weight is 377 g/mol. The highest BCUT2D eigenvalue weighted by Gasteiger charge is 2.52. The summed E-state index contributed by atoms with van der Waals surface area (Å²) in [4.78, 5) is 0. The minimum atomic E-state index is -3.23. The van der Waals surface area contributed by atoms with Gasteiger partial charge in [0.15, 0.2) is 0 Å². The van der Waals surface area contributed by atoms with Crippen LogP contribution in [0.4, 0.5) is 0 Å². The highest BCUT2D eigenvalue weighted by Crippen LogP contribution is 2.32. The molecule has 1 unspecified atom stereocenters. The highest BCUT2D eigenvalue weighted by molar-refractivity contribution is 6.53. The Morgan fingerprint density at radius 2 is 1.08 bits per heavy atom. The van der Waals surface area contributed by atoms with E-state index in [9.17, 15) is 0 Å². The first kappa shape index (κ1) is 25.1. The number of hydrogen-bond acceptors (Lipinski definition) is 4. The van der Waals surface area contributed by atoms with E-state index in [4.69, 9.17) is 17.7 Å². The molecule has 0 amide bonds. The summed E-state index contributed by atoms with van der Waals surface area (Å²) >= 11 is 0.